The molecule has 0 aromatic carbocycles. The zero-order valence-corrected chi connectivity index (χ0v) is 11.0. The van der Waals surface area contributed by atoms with Gasteiger partial charge in [0.1, 0.15) is 0 Å². The highest BCUT2D eigenvalue weighted by Crippen LogP contribution is 2.11. The molecule has 1 aromatic heterocycles. The Bertz CT molecular complexity index is 367. The number of ether oxygens (including phenoxy) is 1. The van der Waals surface area contributed by atoms with Gasteiger partial charge >= 0.3 is 5.97 Å². The number of anilines is 1. The molecule has 0 fully saturated rings. The van der Waals surface area contributed by atoms with Crippen molar-refractivity contribution >= 4 is 11.7 Å². The van der Waals surface area contributed by atoms with Gasteiger partial charge in [0.25, 0.3) is 0 Å². The molecule has 0 radical (unpaired) electrons. The van der Waals surface area contributed by atoms with E-state index < -0.39 is 0 Å². The molecule has 0 atom stereocenters. The fraction of sp³-hybridized carbons (Fsp3) is 0.571. The average molecular weight is 250 g/mol. The highest BCUT2D eigenvalue weighted by atomic mass is 16.5. The molecule has 100 valence electrons. The second kappa shape index (κ2) is 8.50. The number of unbranched alkanes of at least 4 members (excludes halogenated alkanes) is 5. The summed E-state index contributed by atoms with van der Waals surface area (Å²) in [6.07, 6.45) is 10.0. The van der Waals surface area contributed by atoms with E-state index in [1.807, 2.05) is 0 Å². The van der Waals surface area contributed by atoms with Crippen molar-refractivity contribution < 1.29 is 9.53 Å². The fourth-order valence-electron chi connectivity index (χ4n) is 1.72. The molecule has 18 heavy (non-hydrogen) atoms. The quantitative estimate of drug-likeness (QED) is 0.568. The second-order valence-corrected chi connectivity index (χ2v) is 4.37. The number of nitrogen functional groups attached to an aromatic ring is 1. The molecule has 0 bridgehead atoms. The summed E-state index contributed by atoms with van der Waals surface area (Å²) < 4.78 is 5.17. The Hall–Kier alpha value is -1.58. The first-order valence-electron chi connectivity index (χ1n) is 6.62. The van der Waals surface area contributed by atoms with Crippen LogP contribution in [0.1, 0.15) is 55.8 Å². The number of carbonyl (C=O) groups excluding carboxylic acids is 1. The number of nitrogens with zero attached hydrogens (tertiary/aromatic N) is 1. The summed E-state index contributed by atoms with van der Waals surface area (Å²) >= 11 is 0. The zero-order valence-electron chi connectivity index (χ0n) is 11.0. The third kappa shape index (κ3) is 5.17. The smallest absolute Gasteiger partial charge is 0.340 e. The van der Waals surface area contributed by atoms with Crippen LogP contribution in [0.15, 0.2) is 18.5 Å². The van der Waals surface area contributed by atoms with Crippen LogP contribution in [0.25, 0.3) is 0 Å². The van der Waals surface area contributed by atoms with Crippen LogP contribution < -0.4 is 5.73 Å². The van der Waals surface area contributed by atoms with Crippen LogP contribution in [0.5, 0.6) is 0 Å². The van der Waals surface area contributed by atoms with Gasteiger partial charge in [-0.1, -0.05) is 39.0 Å². The molecule has 1 heterocycles. The number of rotatable bonds is 8. The molecule has 0 aliphatic rings. The van der Waals surface area contributed by atoms with Crippen molar-refractivity contribution in [1.82, 2.24) is 4.98 Å². The van der Waals surface area contributed by atoms with Gasteiger partial charge in [-0.05, 0) is 12.5 Å². The molecule has 1 rings (SSSR count). The first kappa shape index (κ1) is 14.5. The minimum absolute atomic E-state index is 0.358. The zero-order chi connectivity index (χ0) is 13.2. The maximum Gasteiger partial charge on any atom is 0.340 e. The Balaban J connectivity index is 2.16. The Labute approximate surface area is 109 Å². The third-order valence-electron chi connectivity index (χ3n) is 2.80. The molecule has 0 unspecified atom stereocenters. The monoisotopic (exact) mass is 250 g/mol. The lowest BCUT2D eigenvalue weighted by molar-refractivity contribution is 0.0499. The van der Waals surface area contributed by atoms with Crippen molar-refractivity contribution in [3.8, 4) is 0 Å². The Kier molecular flexibility index (Phi) is 6.84. The molecule has 0 amide bonds. The van der Waals surface area contributed by atoms with Crippen LogP contribution in [0.3, 0.4) is 0 Å². The highest BCUT2D eigenvalue weighted by Gasteiger charge is 2.09. The molecule has 4 heteroatoms. The Morgan fingerprint density at radius 3 is 2.72 bits per heavy atom. The van der Waals surface area contributed by atoms with Crippen LogP contribution in [0.4, 0.5) is 5.69 Å². The van der Waals surface area contributed by atoms with E-state index in [-0.39, 0.29) is 5.97 Å². The van der Waals surface area contributed by atoms with Crippen molar-refractivity contribution in [3.63, 3.8) is 0 Å². The van der Waals surface area contributed by atoms with E-state index in [9.17, 15) is 4.79 Å². The SMILES string of the molecule is CCCCCCCCOC(=O)c1ccncc1N. The largest absolute Gasteiger partial charge is 0.462 e. The van der Waals surface area contributed by atoms with E-state index in [1.54, 1.807) is 6.07 Å². The number of hydrogen-bond donors (Lipinski definition) is 1. The minimum Gasteiger partial charge on any atom is -0.462 e. The molecule has 0 spiro atoms. The predicted octanol–water partition coefficient (Wildman–Crippen LogP) is 3.18. The number of hydrogen-bond acceptors (Lipinski definition) is 4. The lowest BCUT2D eigenvalue weighted by Crippen LogP contribution is -2.09. The third-order valence-corrected chi connectivity index (χ3v) is 2.80. The minimum atomic E-state index is -0.358. The fourth-order valence-corrected chi connectivity index (χ4v) is 1.72. The lowest BCUT2D eigenvalue weighted by atomic mass is 10.1. The van der Waals surface area contributed by atoms with E-state index >= 15 is 0 Å². The lowest BCUT2D eigenvalue weighted by Gasteiger charge is -2.06. The van der Waals surface area contributed by atoms with Gasteiger partial charge in [0.15, 0.2) is 0 Å². The Morgan fingerprint density at radius 1 is 1.28 bits per heavy atom. The van der Waals surface area contributed by atoms with E-state index in [4.69, 9.17) is 10.5 Å². The number of nitrogens with two attached hydrogens (primary N) is 1. The van der Waals surface area contributed by atoms with Crippen molar-refractivity contribution in [2.75, 3.05) is 12.3 Å². The van der Waals surface area contributed by atoms with Crippen LogP contribution >= 0.6 is 0 Å². The predicted molar refractivity (Wildman–Crippen MR) is 72.3 cm³/mol. The Morgan fingerprint density at radius 2 is 2.00 bits per heavy atom. The normalized spacial score (nSPS) is 10.3. The summed E-state index contributed by atoms with van der Waals surface area (Å²) in [6, 6.07) is 1.58. The molecule has 2 N–H and O–H groups in total. The first-order valence-corrected chi connectivity index (χ1v) is 6.62. The van der Waals surface area contributed by atoms with Gasteiger partial charge in [0, 0.05) is 6.20 Å². The summed E-state index contributed by atoms with van der Waals surface area (Å²) in [5.41, 5.74) is 6.41. The maximum absolute atomic E-state index is 11.7. The molecule has 4 nitrogen and oxygen atoms in total. The summed E-state index contributed by atoms with van der Waals surface area (Å²) in [7, 11) is 0. The summed E-state index contributed by atoms with van der Waals surface area (Å²) in [5.74, 6) is -0.358. The van der Waals surface area contributed by atoms with Gasteiger partial charge < -0.3 is 10.5 Å². The molecular formula is C14H22N2O2. The van der Waals surface area contributed by atoms with Crippen molar-refractivity contribution in [2.45, 2.75) is 45.4 Å². The van der Waals surface area contributed by atoms with Crippen molar-refractivity contribution in [3.05, 3.63) is 24.0 Å². The van der Waals surface area contributed by atoms with Gasteiger partial charge in [-0.2, -0.15) is 0 Å². The molecule has 1 aromatic rings. The number of aromatic nitrogens is 1. The van der Waals surface area contributed by atoms with Crippen LogP contribution in [-0.2, 0) is 4.74 Å². The van der Waals surface area contributed by atoms with Crippen molar-refractivity contribution in [1.29, 1.82) is 0 Å². The molecular weight excluding hydrogens is 228 g/mol. The number of carbonyl (C=O) groups is 1. The van der Waals surface area contributed by atoms with Gasteiger partial charge in [0.2, 0.25) is 0 Å². The summed E-state index contributed by atoms with van der Waals surface area (Å²) in [4.78, 5) is 15.5. The first-order chi connectivity index (χ1) is 8.75. The molecule has 0 saturated heterocycles. The average Bonchev–Trinajstić information content (AvgIpc) is 2.38. The van der Waals surface area contributed by atoms with Crippen molar-refractivity contribution in [2.24, 2.45) is 0 Å². The maximum atomic E-state index is 11.7. The van der Waals surface area contributed by atoms with Crippen LogP contribution in [0, 0.1) is 0 Å². The van der Waals surface area contributed by atoms with E-state index in [0.29, 0.717) is 17.9 Å². The molecule has 0 saturated carbocycles. The van der Waals surface area contributed by atoms with Gasteiger partial charge in [0.05, 0.1) is 24.1 Å². The number of pyridine rings is 1. The molecule has 0 aliphatic carbocycles. The highest BCUT2D eigenvalue weighted by molar-refractivity contribution is 5.94. The van der Waals surface area contributed by atoms with Gasteiger partial charge in [-0.25, -0.2) is 4.79 Å². The van der Waals surface area contributed by atoms with Crippen LogP contribution in [0.2, 0.25) is 0 Å². The standard InChI is InChI=1S/C14H22N2O2/c1-2-3-4-5-6-7-10-18-14(17)12-8-9-16-11-13(12)15/h8-9,11H,2-7,10,15H2,1H3. The molecule has 0 aliphatic heterocycles. The summed E-state index contributed by atoms with van der Waals surface area (Å²) in [5, 5.41) is 0. The van der Waals surface area contributed by atoms with Gasteiger partial charge in [-0.3, -0.25) is 4.98 Å². The second-order valence-electron chi connectivity index (χ2n) is 4.37. The van der Waals surface area contributed by atoms with Gasteiger partial charge in [-0.15, -0.1) is 0 Å². The summed E-state index contributed by atoms with van der Waals surface area (Å²) in [6.45, 7) is 2.66. The van der Waals surface area contributed by atoms with E-state index in [1.165, 1.54) is 38.1 Å². The van der Waals surface area contributed by atoms with Crippen LogP contribution in [-0.4, -0.2) is 17.6 Å². The number of esters is 1. The van der Waals surface area contributed by atoms with E-state index in [0.717, 1.165) is 12.8 Å². The van der Waals surface area contributed by atoms with E-state index in [2.05, 4.69) is 11.9 Å². The topological polar surface area (TPSA) is 65.2 Å².